The van der Waals surface area contributed by atoms with Crippen molar-refractivity contribution in [3.63, 3.8) is 0 Å². The maximum atomic E-state index is 12.7. The summed E-state index contributed by atoms with van der Waals surface area (Å²) >= 11 is 0. The van der Waals surface area contributed by atoms with Gasteiger partial charge in [0.1, 0.15) is 5.60 Å². The largest absolute Gasteiger partial charge is 0.459 e. The zero-order valence-corrected chi connectivity index (χ0v) is 15.5. The third kappa shape index (κ3) is 5.09. The number of carbonyl (C=O) groups is 1. The Balaban J connectivity index is 1.78. The van der Waals surface area contributed by atoms with Gasteiger partial charge in [-0.15, -0.1) is 0 Å². The molecule has 132 valence electrons. The third-order valence-corrected chi connectivity index (χ3v) is 5.95. The molecule has 4 unspecified atom stereocenters. The average Bonchev–Trinajstić information content (AvgIpc) is 3.09. The molecule has 4 atom stereocenters. The minimum atomic E-state index is -0.160. The van der Waals surface area contributed by atoms with E-state index in [9.17, 15) is 4.79 Å². The summed E-state index contributed by atoms with van der Waals surface area (Å²) < 4.78 is 6.09. The van der Waals surface area contributed by atoms with Crippen LogP contribution in [-0.2, 0) is 9.53 Å². The summed E-state index contributed by atoms with van der Waals surface area (Å²) in [5.74, 6) is 1.62. The predicted octanol–water partition coefficient (Wildman–Crippen LogP) is 6.05. The second kappa shape index (κ2) is 8.89. The Morgan fingerprint density at radius 2 is 1.96 bits per heavy atom. The van der Waals surface area contributed by atoms with Crippen molar-refractivity contribution in [1.29, 1.82) is 0 Å². The lowest BCUT2D eigenvalue weighted by Crippen LogP contribution is -2.39. The van der Waals surface area contributed by atoms with Crippen LogP contribution in [0.25, 0.3) is 0 Å². The molecule has 0 saturated heterocycles. The van der Waals surface area contributed by atoms with Crippen molar-refractivity contribution in [1.82, 2.24) is 0 Å². The van der Waals surface area contributed by atoms with Crippen LogP contribution in [0, 0.1) is 17.8 Å². The van der Waals surface area contributed by atoms with Gasteiger partial charge < -0.3 is 4.74 Å². The first-order chi connectivity index (χ1) is 11.1. The van der Waals surface area contributed by atoms with Gasteiger partial charge in [0.2, 0.25) is 0 Å². The smallest absolute Gasteiger partial charge is 0.309 e. The first-order valence-corrected chi connectivity index (χ1v) is 9.97. The fourth-order valence-corrected chi connectivity index (χ4v) is 4.61. The minimum absolute atomic E-state index is 0.0828. The van der Waals surface area contributed by atoms with Crippen LogP contribution in [-0.4, -0.2) is 11.6 Å². The maximum Gasteiger partial charge on any atom is 0.309 e. The highest BCUT2D eigenvalue weighted by Gasteiger charge is 2.50. The molecule has 2 heteroatoms. The summed E-state index contributed by atoms with van der Waals surface area (Å²) in [6.45, 7) is 6.56. The molecule has 2 aliphatic rings. The highest BCUT2D eigenvalue weighted by atomic mass is 16.6. The quantitative estimate of drug-likeness (QED) is 0.278. The van der Waals surface area contributed by atoms with Gasteiger partial charge in [-0.05, 0) is 76.5 Å². The number of hydrogen-bond donors (Lipinski definition) is 0. The Morgan fingerprint density at radius 1 is 1.17 bits per heavy atom. The van der Waals surface area contributed by atoms with Crippen LogP contribution >= 0.6 is 0 Å². The molecule has 0 amide bonds. The molecule has 2 bridgehead atoms. The van der Waals surface area contributed by atoms with E-state index < -0.39 is 0 Å². The van der Waals surface area contributed by atoms with E-state index in [0.29, 0.717) is 5.92 Å². The summed E-state index contributed by atoms with van der Waals surface area (Å²) in [4.78, 5) is 12.7. The summed E-state index contributed by atoms with van der Waals surface area (Å²) in [7, 11) is 0. The van der Waals surface area contributed by atoms with E-state index in [1.54, 1.807) is 0 Å². The lowest BCUT2D eigenvalue weighted by molar-refractivity contribution is -0.169. The van der Waals surface area contributed by atoms with Gasteiger partial charge in [0.25, 0.3) is 0 Å². The van der Waals surface area contributed by atoms with Crippen LogP contribution in [0.1, 0.15) is 91.4 Å². The van der Waals surface area contributed by atoms with Crippen LogP contribution in [0.2, 0.25) is 0 Å². The molecule has 0 heterocycles. The van der Waals surface area contributed by atoms with Crippen LogP contribution in [0.4, 0.5) is 0 Å². The zero-order chi connectivity index (χ0) is 16.7. The van der Waals surface area contributed by atoms with E-state index in [1.807, 2.05) is 0 Å². The highest BCUT2D eigenvalue weighted by molar-refractivity contribution is 5.73. The number of unbranched alkanes of at least 4 members (excludes halogenated alkanes) is 2. The fourth-order valence-electron chi connectivity index (χ4n) is 4.61. The van der Waals surface area contributed by atoms with E-state index in [1.165, 1.54) is 32.1 Å². The van der Waals surface area contributed by atoms with Gasteiger partial charge in [0.05, 0.1) is 5.92 Å². The molecular formula is C21H36O2. The lowest BCUT2D eigenvalue weighted by atomic mass is 9.85. The fraction of sp³-hybridized carbons (Fsp3) is 0.857. The number of ether oxygens (including phenoxy) is 1. The van der Waals surface area contributed by atoms with Gasteiger partial charge in [-0.3, -0.25) is 4.79 Å². The third-order valence-electron chi connectivity index (χ3n) is 5.95. The topological polar surface area (TPSA) is 26.3 Å². The van der Waals surface area contributed by atoms with Crippen LogP contribution in [0.5, 0.6) is 0 Å². The highest BCUT2D eigenvalue weighted by Crippen LogP contribution is 2.52. The predicted molar refractivity (Wildman–Crippen MR) is 96.2 cm³/mol. The molecule has 0 aromatic rings. The van der Waals surface area contributed by atoms with E-state index in [-0.39, 0.29) is 17.5 Å². The van der Waals surface area contributed by atoms with Crippen molar-refractivity contribution in [2.24, 2.45) is 17.8 Å². The molecular weight excluding hydrogens is 284 g/mol. The summed E-state index contributed by atoms with van der Waals surface area (Å²) in [5, 5.41) is 0. The summed E-state index contributed by atoms with van der Waals surface area (Å²) in [5.41, 5.74) is -0.160. The SMILES string of the molecule is CCC/C=C/CCCC(CCC)C(=O)OC1(C)CC2CCC1C2. The number of fused-ring (bicyclic) bond motifs is 2. The molecule has 2 aliphatic carbocycles. The van der Waals surface area contributed by atoms with Crippen molar-refractivity contribution >= 4 is 5.97 Å². The molecule has 23 heavy (non-hydrogen) atoms. The Morgan fingerprint density at radius 3 is 2.57 bits per heavy atom. The second-order valence-electron chi connectivity index (χ2n) is 7.99. The van der Waals surface area contributed by atoms with Crippen molar-refractivity contribution in [2.45, 2.75) is 97.0 Å². The van der Waals surface area contributed by atoms with Crippen molar-refractivity contribution in [2.75, 3.05) is 0 Å². The Hall–Kier alpha value is -0.790. The average molecular weight is 321 g/mol. The molecule has 0 spiro atoms. The van der Waals surface area contributed by atoms with Crippen LogP contribution < -0.4 is 0 Å². The second-order valence-corrected chi connectivity index (χ2v) is 7.99. The van der Waals surface area contributed by atoms with Gasteiger partial charge in [0.15, 0.2) is 0 Å². The number of rotatable bonds is 10. The molecule has 0 aromatic carbocycles. The van der Waals surface area contributed by atoms with E-state index >= 15 is 0 Å². The molecule has 0 N–H and O–H groups in total. The van der Waals surface area contributed by atoms with Crippen molar-refractivity contribution in [3.8, 4) is 0 Å². The van der Waals surface area contributed by atoms with Crippen LogP contribution in [0.3, 0.4) is 0 Å². The number of carbonyl (C=O) groups excluding carboxylic acids is 1. The van der Waals surface area contributed by atoms with E-state index in [2.05, 4.69) is 32.9 Å². The first kappa shape index (κ1) is 18.5. The standard InChI is InChI=1S/C21H36O2/c1-4-6-7-8-9-10-12-18(11-5-2)20(22)23-21(3)16-17-13-14-19(21)15-17/h7-8,17-19H,4-6,9-16H2,1-3H3/b8-7+. The minimum Gasteiger partial charge on any atom is -0.459 e. The summed E-state index contributed by atoms with van der Waals surface area (Å²) in [6.07, 6.45) is 17.1. The molecule has 2 nitrogen and oxygen atoms in total. The molecule has 2 rings (SSSR count). The van der Waals surface area contributed by atoms with Gasteiger partial charge in [-0.25, -0.2) is 0 Å². The van der Waals surface area contributed by atoms with Crippen LogP contribution in [0.15, 0.2) is 12.2 Å². The van der Waals surface area contributed by atoms with Gasteiger partial charge in [0, 0.05) is 0 Å². The van der Waals surface area contributed by atoms with Gasteiger partial charge >= 0.3 is 5.97 Å². The van der Waals surface area contributed by atoms with E-state index in [4.69, 9.17) is 4.74 Å². The van der Waals surface area contributed by atoms with Crippen molar-refractivity contribution in [3.05, 3.63) is 12.2 Å². The number of esters is 1. The first-order valence-electron chi connectivity index (χ1n) is 9.97. The Kier molecular flexibility index (Phi) is 7.17. The zero-order valence-electron chi connectivity index (χ0n) is 15.5. The lowest BCUT2D eigenvalue weighted by Gasteiger charge is -2.35. The Bertz CT molecular complexity index is 401. The molecule has 0 radical (unpaired) electrons. The molecule has 0 aromatic heterocycles. The number of allylic oxidation sites excluding steroid dienone is 2. The number of hydrogen-bond acceptors (Lipinski definition) is 2. The van der Waals surface area contributed by atoms with Gasteiger partial charge in [-0.1, -0.05) is 38.8 Å². The monoisotopic (exact) mass is 320 g/mol. The molecule has 0 aliphatic heterocycles. The maximum absolute atomic E-state index is 12.7. The molecule has 2 fully saturated rings. The van der Waals surface area contributed by atoms with Gasteiger partial charge in [-0.2, -0.15) is 0 Å². The normalized spacial score (nSPS) is 30.9. The Labute approximate surface area is 143 Å². The van der Waals surface area contributed by atoms with Crippen molar-refractivity contribution < 1.29 is 9.53 Å². The van der Waals surface area contributed by atoms with E-state index in [0.717, 1.165) is 44.4 Å². The molecule has 2 saturated carbocycles. The summed E-state index contributed by atoms with van der Waals surface area (Å²) in [6, 6.07) is 0.